The van der Waals surface area contributed by atoms with Gasteiger partial charge in [-0.3, -0.25) is 0 Å². The van der Waals surface area contributed by atoms with Gasteiger partial charge in [-0.05, 0) is 30.2 Å². The molecule has 0 unspecified atom stereocenters. The zero-order valence-corrected chi connectivity index (χ0v) is 14.9. The van der Waals surface area contributed by atoms with Gasteiger partial charge in [0.25, 0.3) is 0 Å². The van der Waals surface area contributed by atoms with Gasteiger partial charge in [0.15, 0.2) is 5.69 Å². The van der Waals surface area contributed by atoms with Gasteiger partial charge in [-0.1, -0.05) is 6.07 Å². The van der Waals surface area contributed by atoms with Crippen LogP contribution >= 0.6 is 0 Å². The molecule has 0 radical (unpaired) electrons. The molecule has 136 valence electrons. The highest BCUT2D eigenvalue weighted by molar-refractivity contribution is 5.50. The van der Waals surface area contributed by atoms with Crippen LogP contribution in [0.1, 0.15) is 16.8 Å². The molecule has 1 N–H and O–H groups in total. The van der Waals surface area contributed by atoms with Crippen molar-refractivity contribution < 1.29 is 13.2 Å². The van der Waals surface area contributed by atoms with E-state index < -0.39 is 11.9 Å². The van der Waals surface area contributed by atoms with E-state index in [9.17, 15) is 13.2 Å². The summed E-state index contributed by atoms with van der Waals surface area (Å²) in [4.78, 5) is 11.2. The maximum absolute atomic E-state index is 13.0. The van der Waals surface area contributed by atoms with Crippen molar-refractivity contribution in [3.05, 3.63) is 41.1 Å². The summed E-state index contributed by atoms with van der Waals surface area (Å²) in [7, 11) is 7.17. The number of aromatic nitrogens is 2. The molecule has 0 fully saturated rings. The number of benzene rings is 1. The number of rotatable bonds is 5. The van der Waals surface area contributed by atoms with E-state index >= 15 is 0 Å². The molecule has 2 rings (SSSR count). The van der Waals surface area contributed by atoms with Crippen molar-refractivity contribution in [2.75, 3.05) is 43.3 Å². The normalized spacial score (nSPS) is 11.4. The zero-order valence-electron chi connectivity index (χ0n) is 14.9. The minimum atomic E-state index is -4.52. The number of hydrogen-bond donors (Lipinski definition) is 1. The molecule has 0 spiro atoms. The summed E-state index contributed by atoms with van der Waals surface area (Å²) in [5.74, 6) is 0.152. The van der Waals surface area contributed by atoms with Crippen LogP contribution in [0.2, 0.25) is 0 Å². The quantitative estimate of drug-likeness (QED) is 0.891. The van der Waals surface area contributed by atoms with E-state index in [1.807, 2.05) is 44.1 Å². The maximum Gasteiger partial charge on any atom is 0.433 e. The lowest BCUT2D eigenvalue weighted by Gasteiger charge is -2.17. The minimum Gasteiger partial charge on any atom is -0.378 e. The smallest absolute Gasteiger partial charge is 0.378 e. The second-order valence-electron chi connectivity index (χ2n) is 6.19. The Hall–Kier alpha value is -2.51. The van der Waals surface area contributed by atoms with E-state index in [4.69, 9.17) is 0 Å². The van der Waals surface area contributed by atoms with Gasteiger partial charge in [-0.2, -0.15) is 18.2 Å². The zero-order chi connectivity index (χ0) is 18.8. The van der Waals surface area contributed by atoms with Crippen molar-refractivity contribution in [3.8, 4) is 0 Å². The fourth-order valence-electron chi connectivity index (χ4n) is 2.22. The lowest BCUT2D eigenvalue weighted by molar-refractivity contribution is -0.141. The fourth-order valence-corrected chi connectivity index (χ4v) is 2.22. The van der Waals surface area contributed by atoms with E-state index in [2.05, 4.69) is 15.3 Å². The van der Waals surface area contributed by atoms with E-state index in [-0.39, 0.29) is 11.8 Å². The molecule has 0 saturated heterocycles. The molecule has 0 amide bonds. The van der Waals surface area contributed by atoms with Crippen molar-refractivity contribution in [2.45, 2.75) is 19.6 Å². The molecular weight excluding hydrogens is 331 g/mol. The summed E-state index contributed by atoms with van der Waals surface area (Å²) in [6, 6.07) is 6.86. The van der Waals surface area contributed by atoms with Crippen molar-refractivity contribution in [2.24, 2.45) is 0 Å². The molecule has 2 aromatic rings. The highest BCUT2D eigenvalue weighted by Crippen LogP contribution is 2.30. The number of nitrogens with one attached hydrogen (secondary N) is 1. The van der Waals surface area contributed by atoms with Crippen molar-refractivity contribution in [3.63, 3.8) is 0 Å². The highest BCUT2D eigenvalue weighted by atomic mass is 19.4. The Morgan fingerprint density at radius 2 is 1.68 bits per heavy atom. The Balaban J connectivity index is 2.24. The first-order valence-electron chi connectivity index (χ1n) is 7.72. The third-order valence-electron chi connectivity index (χ3n) is 3.74. The second-order valence-corrected chi connectivity index (χ2v) is 6.19. The van der Waals surface area contributed by atoms with Gasteiger partial charge in [0.1, 0.15) is 5.82 Å². The predicted octanol–water partition coefficient (Wildman–Crippen LogP) is 3.55. The molecule has 0 atom stereocenters. The topological polar surface area (TPSA) is 44.3 Å². The van der Waals surface area contributed by atoms with Gasteiger partial charge in [-0.15, -0.1) is 0 Å². The molecule has 0 aliphatic carbocycles. The minimum absolute atomic E-state index is 0.0467. The van der Waals surface area contributed by atoms with Gasteiger partial charge in [0.05, 0.1) is 0 Å². The van der Waals surface area contributed by atoms with Gasteiger partial charge in [0, 0.05) is 46.5 Å². The Morgan fingerprint density at radius 3 is 2.20 bits per heavy atom. The molecule has 0 aliphatic rings. The summed E-state index contributed by atoms with van der Waals surface area (Å²) >= 11 is 0. The Morgan fingerprint density at radius 1 is 1.00 bits per heavy atom. The number of halogens is 3. The summed E-state index contributed by atoms with van der Waals surface area (Å²) < 4.78 is 39.1. The monoisotopic (exact) mass is 353 g/mol. The largest absolute Gasteiger partial charge is 0.433 e. The van der Waals surface area contributed by atoms with Crippen LogP contribution in [0.3, 0.4) is 0 Å². The molecule has 1 aromatic carbocycles. The lowest BCUT2D eigenvalue weighted by Crippen LogP contribution is -2.17. The first-order valence-corrected chi connectivity index (χ1v) is 7.72. The van der Waals surface area contributed by atoms with E-state index in [0.717, 1.165) is 22.9 Å². The van der Waals surface area contributed by atoms with Gasteiger partial charge in [-0.25, -0.2) is 4.98 Å². The third-order valence-corrected chi connectivity index (χ3v) is 3.74. The van der Waals surface area contributed by atoms with E-state index in [1.165, 1.54) is 4.90 Å². The SMILES string of the molecule is Cc1cc(N(C)C)ccc1CNc1nc(N(C)C)cc(C(F)(F)F)n1. The second kappa shape index (κ2) is 7.16. The summed E-state index contributed by atoms with van der Waals surface area (Å²) in [6.45, 7) is 2.30. The Kier molecular flexibility index (Phi) is 5.39. The predicted molar refractivity (Wildman–Crippen MR) is 94.2 cm³/mol. The van der Waals surface area contributed by atoms with Crippen LogP contribution in [0.4, 0.5) is 30.6 Å². The molecule has 8 heteroatoms. The van der Waals surface area contributed by atoms with E-state index in [0.29, 0.717) is 6.54 Å². The number of anilines is 3. The standard InChI is InChI=1S/C17H22F3N5/c1-11-8-13(24(2)3)7-6-12(11)10-21-16-22-14(17(18,19)20)9-15(23-16)25(4)5/h6-9H,10H2,1-5H3,(H,21,22,23). The Labute approximate surface area is 145 Å². The number of aryl methyl sites for hydroxylation is 1. The van der Waals surface area contributed by atoms with Crippen molar-refractivity contribution in [1.82, 2.24) is 9.97 Å². The van der Waals surface area contributed by atoms with Crippen LogP contribution in [-0.2, 0) is 12.7 Å². The highest BCUT2D eigenvalue weighted by Gasteiger charge is 2.34. The van der Waals surface area contributed by atoms with Crippen LogP contribution in [-0.4, -0.2) is 38.2 Å². The lowest BCUT2D eigenvalue weighted by atomic mass is 10.1. The fraction of sp³-hybridized carbons (Fsp3) is 0.412. The molecule has 25 heavy (non-hydrogen) atoms. The van der Waals surface area contributed by atoms with Gasteiger partial charge < -0.3 is 15.1 Å². The van der Waals surface area contributed by atoms with Crippen molar-refractivity contribution >= 4 is 17.5 Å². The summed E-state index contributed by atoms with van der Waals surface area (Å²) in [6.07, 6.45) is -4.52. The molecule has 1 heterocycles. The van der Waals surface area contributed by atoms with Crippen LogP contribution in [0, 0.1) is 6.92 Å². The average Bonchev–Trinajstić information content (AvgIpc) is 2.52. The first-order chi connectivity index (χ1) is 11.6. The summed E-state index contributed by atoms with van der Waals surface area (Å²) in [5.41, 5.74) is 2.11. The number of hydrogen-bond acceptors (Lipinski definition) is 5. The van der Waals surface area contributed by atoms with Crippen molar-refractivity contribution in [1.29, 1.82) is 0 Å². The molecule has 0 bridgehead atoms. The Bertz CT molecular complexity index is 742. The maximum atomic E-state index is 13.0. The molecule has 0 aliphatic heterocycles. The number of alkyl halides is 3. The van der Waals surface area contributed by atoms with Crippen LogP contribution in [0.25, 0.3) is 0 Å². The van der Waals surface area contributed by atoms with Gasteiger partial charge in [0.2, 0.25) is 5.95 Å². The molecular formula is C17H22F3N5. The van der Waals surface area contributed by atoms with E-state index in [1.54, 1.807) is 14.1 Å². The average molecular weight is 353 g/mol. The van der Waals surface area contributed by atoms with Crippen LogP contribution in [0.5, 0.6) is 0 Å². The third kappa shape index (κ3) is 4.74. The van der Waals surface area contributed by atoms with Gasteiger partial charge >= 0.3 is 6.18 Å². The summed E-state index contributed by atoms with van der Waals surface area (Å²) in [5, 5.41) is 2.90. The molecule has 0 saturated carbocycles. The first kappa shape index (κ1) is 18.8. The van der Waals surface area contributed by atoms with Crippen LogP contribution in [0.15, 0.2) is 24.3 Å². The number of nitrogens with zero attached hydrogens (tertiary/aromatic N) is 4. The van der Waals surface area contributed by atoms with Crippen LogP contribution < -0.4 is 15.1 Å². The molecule has 5 nitrogen and oxygen atoms in total. The molecule has 1 aromatic heterocycles.